The molecule has 148 valence electrons. The third kappa shape index (κ3) is 3.99. The van der Waals surface area contributed by atoms with E-state index >= 15 is 0 Å². The van der Waals surface area contributed by atoms with Crippen molar-refractivity contribution in [2.75, 3.05) is 31.1 Å². The molecule has 1 fully saturated rings. The number of benzene rings is 2. The van der Waals surface area contributed by atoms with E-state index in [1.165, 1.54) is 0 Å². The number of aromatic amines is 1. The highest BCUT2D eigenvalue weighted by Gasteiger charge is 2.19. The SMILES string of the molecule is Clc1cccc(-c2nc(CN3CCCN(c4nc5ccccc5[nH]4)CC3)co2)c1. The quantitative estimate of drug-likeness (QED) is 0.536. The second-order valence-electron chi connectivity index (χ2n) is 7.35. The van der Waals surface area contributed by atoms with Crippen LogP contribution in [-0.2, 0) is 6.54 Å². The molecule has 0 bridgehead atoms. The number of hydrogen-bond donors (Lipinski definition) is 1. The first-order valence-electron chi connectivity index (χ1n) is 9.87. The van der Waals surface area contributed by atoms with Gasteiger partial charge in [-0.15, -0.1) is 0 Å². The van der Waals surface area contributed by atoms with Crippen LogP contribution >= 0.6 is 11.6 Å². The Kier molecular flexibility index (Phi) is 4.96. The van der Waals surface area contributed by atoms with Gasteiger partial charge >= 0.3 is 0 Å². The van der Waals surface area contributed by atoms with Gasteiger partial charge in [-0.3, -0.25) is 4.90 Å². The zero-order valence-corrected chi connectivity index (χ0v) is 16.8. The summed E-state index contributed by atoms with van der Waals surface area (Å²) in [6.45, 7) is 4.67. The minimum atomic E-state index is 0.612. The van der Waals surface area contributed by atoms with Crippen molar-refractivity contribution < 1.29 is 4.42 Å². The molecule has 3 heterocycles. The van der Waals surface area contributed by atoms with E-state index in [0.29, 0.717) is 10.9 Å². The summed E-state index contributed by atoms with van der Waals surface area (Å²) in [5, 5.41) is 0.681. The molecule has 6 nitrogen and oxygen atoms in total. The maximum Gasteiger partial charge on any atom is 0.226 e. The van der Waals surface area contributed by atoms with E-state index in [1.54, 1.807) is 6.26 Å². The van der Waals surface area contributed by atoms with Crippen LogP contribution in [0.1, 0.15) is 12.1 Å². The summed E-state index contributed by atoms with van der Waals surface area (Å²) in [4.78, 5) is 17.6. The second kappa shape index (κ2) is 7.89. The van der Waals surface area contributed by atoms with Gasteiger partial charge in [0.05, 0.1) is 16.7 Å². The smallest absolute Gasteiger partial charge is 0.226 e. The monoisotopic (exact) mass is 407 g/mol. The number of halogens is 1. The molecule has 2 aromatic heterocycles. The Bertz CT molecular complexity index is 1090. The standard InChI is InChI=1S/C22H22ClN5O/c23-17-6-3-5-16(13-17)21-24-18(15-29-21)14-27-9-4-10-28(12-11-27)22-25-19-7-1-2-8-20(19)26-22/h1-3,5-8,13,15H,4,9-12,14H2,(H,25,26). The van der Waals surface area contributed by atoms with Crippen LogP contribution in [0.15, 0.2) is 59.2 Å². The molecule has 0 atom stereocenters. The third-order valence-electron chi connectivity index (χ3n) is 5.27. The van der Waals surface area contributed by atoms with Gasteiger partial charge in [-0.1, -0.05) is 29.8 Å². The molecular weight excluding hydrogens is 386 g/mol. The van der Waals surface area contributed by atoms with Crippen LogP contribution in [0, 0.1) is 0 Å². The van der Waals surface area contributed by atoms with E-state index < -0.39 is 0 Å². The van der Waals surface area contributed by atoms with Crippen LogP contribution in [0.5, 0.6) is 0 Å². The van der Waals surface area contributed by atoms with Gasteiger partial charge in [-0.2, -0.15) is 0 Å². The summed E-state index contributed by atoms with van der Waals surface area (Å²) in [6, 6.07) is 15.7. The van der Waals surface area contributed by atoms with Crippen molar-refractivity contribution in [3.63, 3.8) is 0 Å². The highest BCUT2D eigenvalue weighted by molar-refractivity contribution is 6.30. The molecule has 7 heteroatoms. The molecule has 0 amide bonds. The molecule has 2 aromatic carbocycles. The first-order valence-corrected chi connectivity index (χ1v) is 10.2. The largest absolute Gasteiger partial charge is 0.444 e. The fraction of sp³-hybridized carbons (Fsp3) is 0.273. The minimum Gasteiger partial charge on any atom is -0.444 e. The molecule has 1 aliphatic heterocycles. The highest BCUT2D eigenvalue weighted by Crippen LogP contribution is 2.23. The van der Waals surface area contributed by atoms with Crippen LogP contribution in [0.4, 0.5) is 5.95 Å². The maximum atomic E-state index is 6.08. The molecule has 0 unspecified atom stereocenters. The molecule has 1 saturated heterocycles. The molecular formula is C22H22ClN5O. The van der Waals surface area contributed by atoms with E-state index in [2.05, 4.69) is 25.8 Å². The van der Waals surface area contributed by atoms with Crippen LogP contribution in [0.3, 0.4) is 0 Å². The van der Waals surface area contributed by atoms with Crippen molar-refractivity contribution in [1.29, 1.82) is 0 Å². The normalized spacial score (nSPS) is 15.7. The van der Waals surface area contributed by atoms with Gasteiger partial charge in [0, 0.05) is 43.3 Å². The summed E-state index contributed by atoms with van der Waals surface area (Å²) in [5.74, 6) is 1.57. The molecule has 29 heavy (non-hydrogen) atoms. The predicted octanol–water partition coefficient (Wildman–Crippen LogP) is 4.58. The van der Waals surface area contributed by atoms with Crippen molar-refractivity contribution >= 4 is 28.6 Å². The number of nitrogens with one attached hydrogen (secondary N) is 1. The first kappa shape index (κ1) is 18.2. The Labute approximate surface area is 174 Å². The molecule has 1 aliphatic rings. The molecule has 4 aromatic rings. The summed E-state index contributed by atoms with van der Waals surface area (Å²) in [7, 11) is 0. The zero-order chi connectivity index (χ0) is 19.6. The van der Waals surface area contributed by atoms with Gasteiger partial charge in [-0.25, -0.2) is 9.97 Å². The fourth-order valence-corrected chi connectivity index (χ4v) is 3.98. The lowest BCUT2D eigenvalue weighted by Gasteiger charge is -2.20. The lowest BCUT2D eigenvalue weighted by atomic mass is 10.2. The number of rotatable bonds is 4. The number of fused-ring (bicyclic) bond motifs is 1. The molecule has 0 saturated carbocycles. The number of H-pyrrole nitrogens is 1. The zero-order valence-electron chi connectivity index (χ0n) is 16.0. The molecule has 0 spiro atoms. The first-order chi connectivity index (χ1) is 14.2. The summed E-state index contributed by atoms with van der Waals surface area (Å²) in [6.07, 6.45) is 2.83. The van der Waals surface area contributed by atoms with Crippen molar-refractivity contribution in [2.24, 2.45) is 0 Å². The Hall–Kier alpha value is -2.83. The average molecular weight is 408 g/mol. The Morgan fingerprint density at radius 3 is 2.83 bits per heavy atom. The number of aromatic nitrogens is 3. The summed E-state index contributed by atoms with van der Waals surface area (Å²) in [5.41, 5.74) is 3.94. The number of imidazole rings is 1. The number of oxazole rings is 1. The van der Waals surface area contributed by atoms with Gasteiger partial charge < -0.3 is 14.3 Å². The summed E-state index contributed by atoms with van der Waals surface area (Å²) < 4.78 is 5.68. The maximum absolute atomic E-state index is 6.08. The second-order valence-corrected chi connectivity index (χ2v) is 7.79. The van der Waals surface area contributed by atoms with Crippen molar-refractivity contribution in [1.82, 2.24) is 19.9 Å². The third-order valence-corrected chi connectivity index (χ3v) is 5.51. The van der Waals surface area contributed by atoms with Crippen LogP contribution in [0.2, 0.25) is 5.02 Å². The van der Waals surface area contributed by atoms with E-state index in [4.69, 9.17) is 21.0 Å². The van der Waals surface area contributed by atoms with Crippen molar-refractivity contribution in [3.05, 3.63) is 65.5 Å². The number of anilines is 1. The Morgan fingerprint density at radius 2 is 1.93 bits per heavy atom. The van der Waals surface area contributed by atoms with Crippen LogP contribution < -0.4 is 4.90 Å². The Morgan fingerprint density at radius 1 is 1.00 bits per heavy atom. The number of nitrogens with zero attached hydrogens (tertiary/aromatic N) is 4. The van der Waals surface area contributed by atoms with Gasteiger partial charge in [0.1, 0.15) is 6.26 Å². The van der Waals surface area contributed by atoms with E-state index in [-0.39, 0.29) is 0 Å². The number of para-hydroxylation sites is 2. The van der Waals surface area contributed by atoms with Crippen molar-refractivity contribution in [3.8, 4) is 11.5 Å². The lowest BCUT2D eigenvalue weighted by Crippen LogP contribution is -2.31. The molecule has 5 rings (SSSR count). The topological polar surface area (TPSA) is 61.2 Å². The lowest BCUT2D eigenvalue weighted by molar-refractivity contribution is 0.282. The summed E-state index contributed by atoms with van der Waals surface area (Å²) >= 11 is 6.08. The minimum absolute atomic E-state index is 0.612. The molecule has 0 radical (unpaired) electrons. The fourth-order valence-electron chi connectivity index (χ4n) is 3.79. The molecule has 0 aliphatic carbocycles. The van der Waals surface area contributed by atoms with Gasteiger partial charge in [-0.05, 0) is 36.8 Å². The van der Waals surface area contributed by atoms with Crippen LogP contribution in [-0.4, -0.2) is 46.0 Å². The van der Waals surface area contributed by atoms with Crippen LogP contribution in [0.25, 0.3) is 22.5 Å². The number of hydrogen-bond acceptors (Lipinski definition) is 5. The Balaban J connectivity index is 1.24. The predicted molar refractivity (Wildman–Crippen MR) is 115 cm³/mol. The molecule has 1 N–H and O–H groups in total. The van der Waals surface area contributed by atoms with E-state index in [1.807, 2.05) is 42.5 Å². The van der Waals surface area contributed by atoms with Crippen molar-refractivity contribution in [2.45, 2.75) is 13.0 Å². The van der Waals surface area contributed by atoms with Gasteiger partial charge in [0.25, 0.3) is 0 Å². The van der Waals surface area contributed by atoms with Gasteiger partial charge in [0.2, 0.25) is 11.8 Å². The van der Waals surface area contributed by atoms with Gasteiger partial charge in [0.15, 0.2) is 0 Å². The van der Waals surface area contributed by atoms with E-state index in [0.717, 1.165) is 67.4 Å². The average Bonchev–Trinajstić information content (AvgIpc) is 3.30. The highest BCUT2D eigenvalue weighted by atomic mass is 35.5. The van der Waals surface area contributed by atoms with E-state index in [9.17, 15) is 0 Å².